The molecule has 0 amide bonds. The van der Waals surface area contributed by atoms with Gasteiger partial charge < -0.3 is 25.8 Å². The third-order valence-corrected chi connectivity index (χ3v) is 3.84. The Morgan fingerprint density at radius 2 is 1.90 bits per heavy atom. The lowest BCUT2D eigenvalue weighted by Gasteiger charge is -2.14. The van der Waals surface area contributed by atoms with Gasteiger partial charge >= 0.3 is 6.18 Å². The van der Waals surface area contributed by atoms with Crippen molar-refractivity contribution in [2.45, 2.75) is 26.4 Å². The Balaban J connectivity index is 1.83. The van der Waals surface area contributed by atoms with Crippen molar-refractivity contribution in [3.8, 4) is 11.5 Å². The Bertz CT molecular complexity index is 826. The minimum Gasteiger partial charge on any atom is -0.494 e. The molecule has 0 spiro atoms. The summed E-state index contributed by atoms with van der Waals surface area (Å²) in [4.78, 5) is 8.01. The summed E-state index contributed by atoms with van der Waals surface area (Å²) in [6, 6.07) is 7.68. The monoisotopic (exact) mass is 425 g/mol. The highest BCUT2D eigenvalue weighted by Crippen LogP contribution is 2.30. The maximum Gasteiger partial charge on any atom is 0.417 e. The third-order valence-electron chi connectivity index (χ3n) is 3.84. The Labute approximate surface area is 173 Å². The number of pyridine rings is 1. The van der Waals surface area contributed by atoms with Crippen LogP contribution in [0.5, 0.6) is 11.5 Å². The first-order valence-corrected chi connectivity index (χ1v) is 9.57. The number of hydrogen-bond donors (Lipinski definition) is 3. The molecule has 1 aromatic carbocycles. The van der Waals surface area contributed by atoms with E-state index in [1.807, 2.05) is 19.9 Å². The molecular formula is C20H26F3N5O2. The van der Waals surface area contributed by atoms with Crippen molar-refractivity contribution in [1.82, 2.24) is 4.98 Å². The van der Waals surface area contributed by atoms with Gasteiger partial charge in [0.25, 0.3) is 0 Å². The van der Waals surface area contributed by atoms with Gasteiger partial charge in [-0.05, 0) is 44.5 Å². The summed E-state index contributed by atoms with van der Waals surface area (Å²) in [7, 11) is 0. The van der Waals surface area contributed by atoms with E-state index in [-0.39, 0.29) is 5.96 Å². The summed E-state index contributed by atoms with van der Waals surface area (Å²) >= 11 is 0. The molecule has 30 heavy (non-hydrogen) atoms. The summed E-state index contributed by atoms with van der Waals surface area (Å²) < 4.78 is 48.6. The number of hydrogen-bond acceptors (Lipinski definition) is 5. The molecule has 0 fully saturated rings. The van der Waals surface area contributed by atoms with Crippen molar-refractivity contribution in [2.24, 2.45) is 10.7 Å². The van der Waals surface area contributed by atoms with Crippen LogP contribution < -0.4 is 25.8 Å². The molecule has 0 aliphatic rings. The van der Waals surface area contributed by atoms with E-state index in [1.54, 1.807) is 12.1 Å². The van der Waals surface area contributed by atoms with Gasteiger partial charge in [-0.25, -0.2) is 4.98 Å². The maximum absolute atomic E-state index is 12.5. The van der Waals surface area contributed by atoms with Gasteiger partial charge in [-0.15, -0.1) is 0 Å². The van der Waals surface area contributed by atoms with Crippen LogP contribution in [0.2, 0.25) is 0 Å². The molecule has 0 saturated carbocycles. The van der Waals surface area contributed by atoms with Crippen molar-refractivity contribution in [2.75, 3.05) is 36.9 Å². The number of anilines is 2. The molecule has 10 heteroatoms. The second kappa shape index (κ2) is 11.1. The van der Waals surface area contributed by atoms with Gasteiger partial charge in [-0.1, -0.05) is 0 Å². The van der Waals surface area contributed by atoms with Gasteiger partial charge in [0.05, 0.1) is 24.5 Å². The van der Waals surface area contributed by atoms with Gasteiger partial charge in [0.15, 0.2) is 5.96 Å². The zero-order valence-corrected chi connectivity index (χ0v) is 16.9. The first-order valence-electron chi connectivity index (χ1n) is 9.57. The molecule has 0 unspecified atom stereocenters. The molecule has 2 rings (SSSR count). The number of nitrogens with one attached hydrogen (secondary N) is 2. The average Bonchev–Trinajstić information content (AvgIpc) is 2.70. The molecule has 1 aromatic heterocycles. The number of alkyl halides is 3. The van der Waals surface area contributed by atoms with E-state index in [9.17, 15) is 13.2 Å². The number of ether oxygens (including phenoxy) is 2. The molecule has 2 aromatic rings. The molecule has 4 N–H and O–H groups in total. The number of guanidine groups is 1. The van der Waals surface area contributed by atoms with Crippen molar-refractivity contribution < 1.29 is 22.6 Å². The van der Waals surface area contributed by atoms with Gasteiger partial charge in [0.1, 0.15) is 17.3 Å². The molecular weight excluding hydrogens is 399 g/mol. The summed E-state index contributed by atoms with van der Waals surface area (Å²) in [6.45, 7) is 5.73. The Kier molecular flexibility index (Phi) is 8.57. The zero-order chi connectivity index (χ0) is 22.0. The van der Waals surface area contributed by atoms with Gasteiger partial charge in [0, 0.05) is 25.4 Å². The number of nitrogens with two attached hydrogens (primary N) is 1. The molecule has 0 saturated heterocycles. The summed E-state index contributed by atoms with van der Waals surface area (Å²) in [5.41, 5.74) is 5.82. The zero-order valence-electron chi connectivity index (χ0n) is 16.9. The molecule has 164 valence electrons. The van der Waals surface area contributed by atoms with Crippen LogP contribution in [0, 0.1) is 0 Å². The lowest BCUT2D eigenvalue weighted by molar-refractivity contribution is -0.137. The first kappa shape index (κ1) is 23.1. The van der Waals surface area contributed by atoms with Crippen LogP contribution in [0.25, 0.3) is 0 Å². The second-order valence-corrected chi connectivity index (χ2v) is 6.13. The molecule has 0 aliphatic heterocycles. The Morgan fingerprint density at radius 1 is 1.13 bits per heavy atom. The fourth-order valence-corrected chi connectivity index (χ4v) is 2.48. The predicted molar refractivity (Wildman–Crippen MR) is 111 cm³/mol. The number of rotatable bonds is 10. The predicted octanol–water partition coefficient (Wildman–Crippen LogP) is 4.13. The lowest BCUT2D eigenvalue weighted by atomic mass is 10.2. The highest BCUT2D eigenvalue weighted by molar-refractivity contribution is 5.94. The first-order chi connectivity index (χ1) is 14.3. The van der Waals surface area contributed by atoms with Crippen molar-refractivity contribution in [3.63, 3.8) is 0 Å². The number of aliphatic imine (C=N–C) groups is 1. The largest absolute Gasteiger partial charge is 0.494 e. The van der Waals surface area contributed by atoms with E-state index in [2.05, 4.69) is 20.6 Å². The number of nitrogens with zero attached hydrogens (tertiary/aromatic N) is 2. The minimum absolute atomic E-state index is 0.220. The van der Waals surface area contributed by atoms with Crippen molar-refractivity contribution >= 4 is 17.5 Å². The van der Waals surface area contributed by atoms with E-state index < -0.39 is 11.7 Å². The number of aromatic nitrogens is 1. The smallest absolute Gasteiger partial charge is 0.417 e. The van der Waals surface area contributed by atoms with Gasteiger partial charge in [-0.3, -0.25) is 4.99 Å². The fourth-order valence-electron chi connectivity index (χ4n) is 2.48. The second-order valence-electron chi connectivity index (χ2n) is 6.13. The number of benzene rings is 1. The van der Waals surface area contributed by atoms with Crippen LogP contribution in [0.4, 0.5) is 24.7 Å². The minimum atomic E-state index is -4.39. The van der Waals surface area contributed by atoms with Crippen LogP contribution >= 0.6 is 0 Å². The lowest BCUT2D eigenvalue weighted by Crippen LogP contribution is -2.23. The van der Waals surface area contributed by atoms with Crippen molar-refractivity contribution in [3.05, 3.63) is 42.1 Å². The highest BCUT2D eigenvalue weighted by Gasteiger charge is 2.30. The van der Waals surface area contributed by atoms with Crippen LogP contribution in [0.3, 0.4) is 0 Å². The summed E-state index contributed by atoms with van der Waals surface area (Å²) in [5, 5.41) is 5.96. The van der Waals surface area contributed by atoms with Crippen LogP contribution in [0.15, 0.2) is 41.5 Å². The summed E-state index contributed by atoms with van der Waals surface area (Å²) in [6.07, 6.45) is -2.98. The normalized spacial score (nSPS) is 11.8. The van der Waals surface area contributed by atoms with E-state index in [0.29, 0.717) is 55.7 Å². The van der Waals surface area contributed by atoms with E-state index >= 15 is 0 Å². The fraction of sp³-hybridized carbons (Fsp3) is 0.400. The molecule has 0 aliphatic carbocycles. The third kappa shape index (κ3) is 7.34. The highest BCUT2D eigenvalue weighted by atomic mass is 19.4. The van der Waals surface area contributed by atoms with Gasteiger partial charge in [-0.2, -0.15) is 13.2 Å². The molecule has 0 radical (unpaired) electrons. The number of halogens is 3. The summed E-state index contributed by atoms with van der Waals surface area (Å²) in [5.74, 6) is 1.91. The Hall–Kier alpha value is -3.17. The molecule has 1 heterocycles. The van der Waals surface area contributed by atoms with Crippen LogP contribution in [-0.2, 0) is 6.18 Å². The molecule has 0 atom stereocenters. The van der Waals surface area contributed by atoms with E-state index in [0.717, 1.165) is 12.3 Å². The standard InChI is InChI=1S/C20H26F3N5O2/c1-3-29-15-7-8-17(30-4-2)16(12-15)28-19(24)26-11-5-10-25-18-9-6-14(13-27-18)20(21,22)23/h6-9,12-13H,3-5,10-11H2,1-2H3,(H,25,27)(H3,24,26,28). The van der Waals surface area contributed by atoms with Crippen molar-refractivity contribution in [1.29, 1.82) is 0 Å². The maximum atomic E-state index is 12.5. The van der Waals surface area contributed by atoms with E-state index in [4.69, 9.17) is 15.2 Å². The van der Waals surface area contributed by atoms with Crippen LogP contribution in [-0.4, -0.2) is 37.2 Å². The average molecular weight is 425 g/mol. The topological polar surface area (TPSA) is 93.8 Å². The quantitative estimate of drug-likeness (QED) is 0.301. The van der Waals surface area contributed by atoms with E-state index in [1.165, 1.54) is 6.07 Å². The Morgan fingerprint density at radius 3 is 2.53 bits per heavy atom. The molecule has 0 bridgehead atoms. The molecule has 7 nitrogen and oxygen atoms in total. The van der Waals surface area contributed by atoms with Crippen LogP contribution in [0.1, 0.15) is 25.8 Å². The SMILES string of the molecule is CCOc1ccc(OCC)c(NC(N)=NCCCNc2ccc(C(F)(F)F)cn2)c1. The van der Waals surface area contributed by atoms with Gasteiger partial charge in [0.2, 0.25) is 0 Å².